The molecule has 0 atom stereocenters. The van der Waals surface area contributed by atoms with Crippen LogP contribution < -0.4 is 11.2 Å². The number of hydroxylamine groups is 1. The Morgan fingerprint density at radius 2 is 1.63 bits per heavy atom. The molecule has 1 aliphatic rings. The quantitative estimate of drug-likeness (QED) is 0.117. The van der Waals surface area contributed by atoms with Gasteiger partial charge in [-0.1, -0.05) is 54.6 Å². The second-order valence-electron chi connectivity index (χ2n) is 11.9. The van der Waals surface area contributed by atoms with Crippen molar-refractivity contribution in [2.75, 3.05) is 32.8 Å². The summed E-state index contributed by atoms with van der Waals surface area (Å²) in [5.74, 6) is -0.406. The molecule has 1 fully saturated rings. The van der Waals surface area contributed by atoms with Gasteiger partial charge < -0.3 is 19.6 Å². The fourth-order valence-electron chi connectivity index (χ4n) is 6.37. The number of aromatic nitrogens is 3. The van der Waals surface area contributed by atoms with Crippen LogP contribution in [0.2, 0.25) is 0 Å². The average molecular weight is 625 g/mol. The molecule has 0 radical (unpaired) electrons. The van der Waals surface area contributed by atoms with E-state index in [9.17, 15) is 14.4 Å². The molecule has 1 aliphatic heterocycles. The molecule has 0 unspecified atom stereocenters. The van der Waals surface area contributed by atoms with E-state index in [2.05, 4.69) is 45.3 Å². The van der Waals surface area contributed by atoms with Crippen molar-refractivity contribution < 1.29 is 19.5 Å². The topological polar surface area (TPSA) is 136 Å². The third kappa shape index (κ3) is 7.32. The van der Waals surface area contributed by atoms with Crippen LogP contribution in [0, 0.1) is 0 Å². The van der Waals surface area contributed by atoms with Crippen molar-refractivity contribution in [1.29, 1.82) is 0 Å². The van der Waals surface area contributed by atoms with Gasteiger partial charge in [0.25, 0.3) is 0 Å². The van der Waals surface area contributed by atoms with Crippen LogP contribution >= 0.6 is 0 Å². The van der Waals surface area contributed by atoms with E-state index in [1.807, 2.05) is 53.1 Å². The standard InChI is InChI=1S/C35H40N6O5/c42-33(38-45)14-13-25-9-11-26(12-10-25)24-39(18-15-27-23-36-30-6-2-1-5-29(27)30)21-22-46-35(44)40-19-16-28(17-20-40)41-32-8-4-3-7-31(32)37-34(41)43/h1-12,23,28,36,45H,13-22,24H2,(H,37,43)(H,38,42). The van der Waals surface area contributed by atoms with E-state index in [0.717, 1.165) is 40.6 Å². The minimum Gasteiger partial charge on any atom is -0.448 e. The Morgan fingerprint density at radius 1 is 0.913 bits per heavy atom. The van der Waals surface area contributed by atoms with Crippen LogP contribution in [0.15, 0.2) is 83.8 Å². The molecule has 6 rings (SSSR count). The first-order chi connectivity index (χ1) is 22.5. The Morgan fingerprint density at radius 3 is 2.41 bits per heavy atom. The molecular formula is C35H40N6O5. The number of likely N-dealkylation sites (tertiary alicyclic amines) is 1. The molecule has 0 aliphatic carbocycles. The number of imidazole rings is 1. The molecule has 2 aromatic heterocycles. The first-order valence-corrected chi connectivity index (χ1v) is 15.9. The van der Waals surface area contributed by atoms with E-state index in [1.165, 1.54) is 10.9 Å². The lowest BCUT2D eigenvalue weighted by molar-refractivity contribution is -0.129. The summed E-state index contributed by atoms with van der Waals surface area (Å²) in [7, 11) is 0. The molecule has 3 aromatic carbocycles. The number of H-pyrrole nitrogens is 2. The molecule has 2 amide bonds. The molecule has 0 saturated carbocycles. The van der Waals surface area contributed by atoms with Crippen LogP contribution in [0.4, 0.5) is 4.79 Å². The zero-order valence-corrected chi connectivity index (χ0v) is 25.8. The second-order valence-corrected chi connectivity index (χ2v) is 11.9. The van der Waals surface area contributed by atoms with Crippen LogP contribution in [-0.2, 0) is 28.9 Å². The van der Waals surface area contributed by atoms with Gasteiger partial charge in [0.1, 0.15) is 6.61 Å². The number of fused-ring (bicyclic) bond motifs is 2. The Bertz CT molecular complexity index is 1830. The van der Waals surface area contributed by atoms with Crippen molar-refractivity contribution in [2.24, 2.45) is 0 Å². The SMILES string of the molecule is O=C(CCc1ccc(CN(CCOC(=O)N2CCC(n3c(=O)[nH]c4ccccc43)CC2)CCc2c[nH]c3ccccc23)cc1)NO. The minimum atomic E-state index is -0.406. The zero-order valence-electron chi connectivity index (χ0n) is 25.8. The van der Waals surface area contributed by atoms with Gasteiger partial charge in [0, 0.05) is 62.3 Å². The van der Waals surface area contributed by atoms with Gasteiger partial charge in [-0.25, -0.2) is 15.1 Å². The lowest BCUT2D eigenvalue weighted by Gasteiger charge is -2.32. The van der Waals surface area contributed by atoms with Crippen molar-refractivity contribution >= 4 is 33.9 Å². The van der Waals surface area contributed by atoms with E-state index in [0.29, 0.717) is 45.4 Å². The summed E-state index contributed by atoms with van der Waals surface area (Å²) in [4.78, 5) is 47.4. The highest BCUT2D eigenvalue weighted by molar-refractivity contribution is 5.83. The highest BCUT2D eigenvalue weighted by Crippen LogP contribution is 2.25. The average Bonchev–Trinajstić information content (AvgIpc) is 3.66. The van der Waals surface area contributed by atoms with E-state index in [1.54, 1.807) is 10.4 Å². The number of aromatic amines is 2. The predicted octanol–water partition coefficient (Wildman–Crippen LogP) is 4.77. The first-order valence-electron chi connectivity index (χ1n) is 15.9. The molecule has 4 N–H and O–H groups in total. The van der Waals surface area contributed by atoms with Crippen molar-refractivity contribution in [1.82, 2.24) is 29.8 Å². The number of carbonyl (C=O) groups is 2. The molecule has 11 heteroatoms. The Hall–Kier alpha value is -4.87. The van der Waals surface area contributed by atoms with Crippen LogP contribution in [0.1, 0.15) is 42.0 Å². The highest BCUT2D eigenvalue weighted by atomic mass is 16.6. The number of aryl methyl sites for hydroxylation is 1. The van der Waals surface area contributed by atoms with Gasteiger partial charge in [-0.2, -0.15) is 0 Å². The molecular weight excluding hydrogens is 584 g/mol. The number of para-hydroxylation sites is 3. The van der Waals surface area contributed by atoms with Gasteiger partial charge in [-0.3, -0.25) is 19.5 Å². The van der Waals surface area contributed by atoms with Crippen LogP contribution in [0.3, 0.4) is 0 Å². The molecule has 3 heterocycles. The van der Waals surface area contributed by atoms with E-state index >= 15 is 0 Å². The second kappa shape index (κ2) is 14.5. The number of rotatable bonds is 12. The highest BCUT2D eigenvalue weighted by Gasteiger charge is 2.27. The summed E-state index contributed by atoms with van der Waals surface area (Å²) >= 11 is 0. The zero-order chi connectivity index (χ0) is 31.9. The fraction of sp³-hybridized carbons (Fsp3) is 0.343. The van der Waals surface area contributed by atoms with Crippen molar-refractivity contribution in [3.63, 3.8) is 0 Å². The van der Waals surface area contributed by atoms with Crippen molar-refractivity contribution in [3.05, 3.63) is 106 Å². The molecule has 0 spiro atoms. The number of amides is 2. The normalized spacial score (nSPS) is 13.9. The summed E-state index contributed by atoms with van der Waals surface area (Å²) in [5, 5.41) is 9.96. The number of hydrogen-bond acceptors (Lipinski definition) is 6. The van der Waals surface area contributed by atoms with Gasteiger partial charge in [-0.15, -0.1) is 0 Å². The van der Waals surface area contributed by atoms with Gasteiger partial charge in [0.15, 0.2) is 0 Å². The summed E-state index contributed by atoms with van der Waals surface area (Å²) in [6, 6.07) is 24.1. The first kappa shape index (κ1) is 31.1. The Kier molecular flexibility index (Phi) is 9.80. The maximum atomic E-state index is 13.0. The molecule has 5 aromatic rings. The number of piperidine rings is 1. The van der Waals surface area contributed by atoms with Gasteiger partial charge in [0.05, 0.1) is 11.0 Å². The number of hydrogen-bond donors (Lipinski definition) is 4. The lowest BCUT2D eigenvalue weighted by Crippen LogP contribution is -2.41. The summed E-state index contributed by atoms with van der Waals surface area (Å²) < 4.78 is 7.59. The van der Waals surface area contributed by atoms with E-state index in [-0.39, 0.29) is 30.9 Å². The van der Waals surface area contributed by atoms with Gasteiger partial charge >= 0.3 is 11.8 Å². The summed E-state index contributed by atoms with van der Waals surface area (Å²) in [5.41, 5.74) is 7.77. The third-order valence-corrected chi connectivity index (χ3v) is 8.91. The number of nitrogens with one attached hydrogen (secondary N) is 3. The van der Waals surface area contributed by atoms with E-state index in [4.69, 9.17) is 9.94 Å². The Balaban J connectivity index is 1.04. The Labute approximate surface area is 266 Å². The van der Waals surface area contributed by atoms with E-state index < -0.39 is 5.91 Å². The monoisotopic (exact) mass is 624 g/mol. The lowest BCUT2D eigenvalue weighted by atomic mass is 10.0. The van der Waals surface area contributed by atoms with Crippen molar-refractivity contribution in [2.45, 2.75) is 44.7 Å². The molecule has 1 saturated heterocycles. The largest absolute Gasteiger partial charge is 0.448 e. The number of benzene rings is 3. The predicted molar refractivity (Wildman–Crippen MR) is 176 cm³/mol. The molecule has 240 valence electrons. The number of nitrogens with zero attached hydrogens (tertiary/aromatic N) is 3. The maximum Gasteiger partial charge on any atom is 0.409 e. The molecule has 11 nitrogen and oxygen atoms in total. The van der Waals surface area contributed by atoms with Crippen molar-refractivity contribution in [3.8, 4) is 0 Å². The van der Waals surface area contributed by atoms with Gasteiger partial charge in [-0.05, 0) is 60.6 Å². The summed E-state index contributed by atoms with van der Waals surface area (Å²) in [6.45, 7) is 3.37. The molecule has 46 heavy (non-hydrogen) atoms. The minimum absolute atomic E-state index is 0.0333. The fourth-order valence-corrected chi connectivity index (χ4v) is 6.37. The number of ether oxygens (including phenoxy) is 1. The van der Waals surface area contributed by atoms with Crippen LogP contribution in [0.5, 0.6) is 0 Å². The number of carbonyl (C=O) groups excluding carboxylic acids is 2. The third-order valence-electron chi connectivity index (χ3n) is 8.91. The van der Waals surface area contributed by atoms with Crippen LogP contribution in [-0.4, -0.2) is 74.3 Å². The maximum absolute atomic E-state index is 13.0. The summed E-state index contributed by atoms with van der Waals surface area (Å²) in [6.07, 6.45) is 4.72. The molecule has 0 bridgehead atoms. The van der Waals surface area contributed by atoms with Gasteiger partial charge in [0.2, 0.25) is 5.91 Å². The smallest absolute Gasteiger partial charge is 0.409 e. The van der Waals surface area contributed by atoms with Crippen LogP contribution in [0.25, 0.3) is 21.9 Å².